The fourth-order valence-electron chi connectivity index (χ4n) is 1.95. The number of carbonyl (C=O) groups excluding carboxylic acids is 1. The molecule has 0 radical (unpaired) electrons. The van der Waals surface area contributed by atoms with Crippen LogP contribution >= 0.6 is 11.3 Å². The summed E-state index contributed by atoms with van der Waals surface area (Å²) in [5.41, 5.74) is 0.751. The van der Waals surface area contributed by atoms with Crippen LogP contribution < -0.4 is 0 Å². The van der Waals surface area contributed by atoms with Gasteiger partial charge in [0.2, 0.25) is 4.96 Å². The summed E-state index contributed by atoms with van der Waals surface area (Å²) in [5.74, 6) is -0.355. The van der Waals surface area contributed by atoms with Crippen molar-refractivity contribution in [1.29, 1.82) is 0 Å². The summed E-state index contributed by atoms with van der Waals surface area (Å²) in [5, 5.41) is 16.9. The van der Waals surface area contributed by atoms with Gasteiger partial charge >= 0.3 is 5.97 Å². The van der Waals surface area contributed by atoms with E-state index in [2.05, 4.69) is 10.2 Å². The third kappa shape index (κ3) is 2.38. The normalized spacial score (nSPS) is 11.2. The monoisotopic (exact) mass is 296 g/mol. The molecule has 2 rings (SSSR count). The highest BCUT2D eigenvalue weighted by atomic mass is 32.1. The molecule has 0 aliphatic rings. The number of rotatable bonds is 4. The first-order chi connectivity index (χ1) is 9.32. The van der Waals surface area contributed by atoms with Gasteiger partial charge in [0.1, 0.15) is 17.2 Å². The van der Waals surface area contributed by atoms with Crippen molar-refractivity contribution in [1.82, 2.24) is 19.5 Å². The maximum atomic E-state index is 12.3. The van der Waals surface area contributed by atoms with Crippen molar-refractivity contribution >= 4 is 28.2 Å². The highest BCUT2D eigenvalue weighted by Gasteiger charge is 2.23. The standard InChI is InChI=1S/C12H16N4O3S/c1-6(2)10-13-14-12-16(10)7(3)9(20-12)11(19)15(4)5-8(17)18/h6H,5H2,1-4H3,(H,17,18). The first-order valence-electron chi connectivity index (χ1n) is 6.14. The van der Waals surface area contributed by atoms with E-state index in [1.54, 1.807) is 0 Å². The zero-order valence-corrected chi connectivity index (χ0v) is 12.6. The fourth-order valence-corrected chi connectivity index (χ4v) is 3.02. The Morgan fingerprint density at radius 2 is 2.05 bits per heavy atom. The number of hydrogen-bond acceptors (Lipinski definition) is 5. The molecule has 2 heterocycles. The summed E-state index contributed by atoms with van der Waals surface area (Å²) < 4.78 is 1.86. The van der Waals surface area contributed by atoms with Crippen LogP contribution in [0.4, 0.5) is 0 Å². The van der Waals surface area contributed by atoms with Gasteiger partial charge in [0.05, 0.1) is 0 Å². The van der Waals surface area contributed by atoms with E-state index in [9.17, 15) is 9.59 Å². The zero-order valence-electron chi connectivity index (χ0n) is 11.7. The molecule has 0 fully saturated rings. The van der Waals surface area contributed by atoms with E-state index in [-0.39, 0.29) is 18.4 Å². The number of hydrogen-bond donors (Lipinski definition) is 1. The molecule has 0 saturated heterocycles. The topological polar surface area (TPSA) is 87.8 Å². The molecule has 1 N–H and O–H groups in total. The molecular formula is C12H16N4O3S. The summed E-state index contributed by atoms with van der Waals surface area (Å²) in [4.78, 5) is 25.3. The third-order valence-electron chi connectivity index (χ3n) is 2.95. The predicted octanol–water partition coefficient (Wildman–Crippen LogP) is 1.38. The van der Waals surface area contributed by atoms with Crippen molar-refractivity contribution < 1.29 is 14.7 Å². The molecule has 20 heavy (non-hydrogen) atoms. The highest BCUT2D eigenvalue weighted by Crippen LogP contribution is 2.26. The molecule has 0 spiro atoms. The van der Waals surface area contributed by atoms with E-state index in [0.29, 0.717) is 9.84 Å². The fraction of sp³-hybridized carbons (Fsp3) is 0.500. The molecule has 8 heteroatoms. The highest BCUT2D eigenvalue weighted by molar-refractivity contribution is 7.19. The van der Waals surface area contributed by atoms with Gasteiger partial charge in [0.15, 0.2) is 0 Å². The lowest BCUT2D eigenvalue weighted by Gasteiger charge is -2.13. The summed E-state index contributed by atoms with van der Waals surface area (Å²) in [6.07, 6.45) is 0. The van der Waals surface area contributed by atoms with Gasteiger partial charge < -0.3 is 10.0 Å². The minimum absolute atomic E-state index is 0.193. The van der Waals surface area contributed by atoms with E-state index < -0.39 is 5.97 Å². The molecule has 7 nitrogen and oxygen atoms in total. The van der Waals surface area contributed by atoms with Crippen LogP contribution in [-0.4, -0.2) is 50.1 Å². The van der Waals surface area contributed by atoms with E-state index in [1.807, 2.05) is 25.2 Å². The van der Waals surface area contributed by atoms with Gasteiger partial charge in [-0.2, -0.15) is 0 Å². The molecule has 2 aromatic heterocycles. The minimum Gasteiger partial charge on any atom is -0.480 e. The number of aromatic nitrogens is 3. The number of amides is 1. The lowest BCUT2D eigenvalue weighted by atomic mass is 10.2. The second-order valence-electron chi connectivity index (χ2n) is 4.90. The smallest absolute Gasteiger partial charge is 0.323 e. The van der Waals surface area contributed by atoms with Gasteiger partial charge in [-0.3, -0.25) is 14.0 Å². The van der Waals surface area contributed by atoms with Crippen LogP contribution in [0.3, 0.4) is 0 Å². The molecule has 108 valence electrons. The number of nitrogens with zero attached hydrogens (tertiary/aromatic N) is 4. The molecular weight excluding hydrogens is 280 g/mol. The Morgan fingerprint density at radius 1 is 1.40 bits per heavy atom. The van der Waals surface area contributed by atoms with Gasteiger partial charge in [-0.25, -0.2) is 0 Å². The first-order valence-corrected chi connectivity index (χ1v) is 6.96. The maximum Gasteiger partial charge on any atom is 0.323 e. The lowest BCUT2D eigenvalue weighted by molar-refractivity contribution is -0.137. The number of thiazole rings is 1. The van der Waals surface area contributed by atoms with Crippen LogP contribution in [0.15, 0.2) is 0 Å². The number of fused-ring (bicyclic) bond motifs is 1. The van der Waals surface area contributed by atoms with Crippen LogP contribution in [0, 0.1) is 6.92 Å². The lowest BCUT2D eigenvalue weighted by Crippen LogP contribution is -2.31. The molecule has 1 amide bonds. The van der Waals surface area contributed by atoms with Gasteiger partial charge in [-0.05, 0) is 6.92 Å². The van der Waals surface area contributed by atoms with Crippen molar-refractivity contribution in [3.63, 3.8) is 0 Å². The Bertz CT molecular complexity index is 674. The van der Waals surface area contributed by atoms with Crippen molar-refractivity contribution in [2.24, 2.45) is 0 Å². The molecule has 2 aromatic rings. The molecule has 0 bridgehead atoms. The summed E-state index contributed by atoms with van der Waals surface area (Å²) >= 11 is 1.23. The predicted molar refractivity (Wildman–Crippen MR) is 74.3 cm³/mol. The first kappa shape index (κ1) is 14.4. The van der Waals surface area contributed by atoms with Crippen molar-refractivity contribution in [3.8, 4) is 0 Å². The second kappa shape index (κ2) is 5.20. The van der Waals surface area contributed by atoms with Crippen molar-refractivity contribution in [3.05, 3.63) is 16.4 Å². The van der Waals surface area contributed by atoms with Crippen molar-refractivity contribution in [2.75, 3.05) is 13.6 Å². The van der Waals surface area contributed by atoms with E-state index in [4.69, 9.17) is 5.11 Å². The largest absolute Gasteiger partial charge is 0.480 e. The number of carboxylic acid groups (broad SMARTS) is 1. The molecule has 0 aliphatic carbocycles. The van der Waals surface area contributed by atoms with Crippen LogP contribution in [0.2, 0.25) is 0 Å². The zero-order chi connectivity index (χ0) is 15.0. The average Bonchev–Trinajstić information content (AvgIpc) is 2.88. The average molecular weight is 296 g/mol. The van der Waals surface area contributed by atoms with Gasteiger partial charge in [-0.15, -0.1) is 10.2 Å². The molecule has 0 unspecified atom stereocenters. The number of carboxylic acids is 1. The Morgan fingerprint density at radius 3 is 2.60 bits per heavy atom. The third-order valence-corrected chi connectivity index (χ3v) is 4.07. The van der Waals surface area contributed by atoms with E-state index in [0.717, 1.165) is 11.5 Å². The molecule has 0 aliphatic heterocycles. The summed E-state index contributed by atoms with van der Waals surface area (Å²) in [6, 6.07) is 0. The van der Waals surface area contributed by atoms with Crippen LogP contribution in [-0.2, 0) is 4.79 Å². The number of aliphatic carboxylic acids is 1. The van der Waals surface area contributed by atoms with Crippen LogP contribution in [0.25, 0.3) is 4.96 Å². The number of aryl methyl sites for hydroxylation is 1. The van der Waals surface area contributed by atoms with Gasteiger partial charge in [-0.1, -0.05) is 25.2 Å². The Hall–Kier alpha value is -1.96. The molecule has 0 atom stereocenters. The maximum absolute atomic E-state index is 12.3. The summed E-state index contributed by atoms with van der Waals surface area (Å²) in [7, 11) is 1.47. The van der Waals surface area contributed by atoms with E-state index >= 15 is 0 Å². The summed E-state index contributed by atoms with van der Waals surface area (Å²) in [6.45, 7) is 5.51. The Balaban J connectivity index is 2.43. The second-order valence-corrected chi connectivity index (χ2v) is 5.88. The molecule has 0 aromatic carbocycles. The number of likely N-dealkylation sites (N-methyl/N-ethyl adjacent to an activating group) is 1. The quantitative estimate of drug-likeness (QED) is 0.921. The van der Waals surface area contributed by atoms with E-state index in [1.165, 1.54) is 23.3 Å². The van der Waals surface area contributed by atoms with Gasteiger partial charge in [0.25, 0.3) is 5.91 Å². The SMILES string of the molecule is Cc1c(C(=O)N(C)CC(=O)O)sc2nnc(C(C)C)n12. The van der Waals surface area contributed by atoms with Crippen molar-refractivity contribution in [2.45, 2.75) is 26.7 Å². The number of carbonyl (C=O) groups is 2. The Kier molecular flexibility index (Phi) is 3.76. The Labute approximate surface area is 119 Å². The van der Waals surface area contributed by atoms with Crippen LogP contribution in [0.5, 0.6) is 0 Å². The minimum atomic E-state index is -1.04. The van der Waals surface area contributed by atoms with Crippen LogP contribution in [0.1, 0.15) is 41.0 Å². The van der Waals surface area contributed by atoms with Gasteiger partial charge in [0, 0.05) is 18.7 Å². The molecule has 0 saturated carbocycles.